The normalized spacial score (nSPS) is 21.9. The van der Waals surface area contributed by atoms with Gasteiger partial charge in [0, 0.05) is 37.4 Å². The number of amides is 2. The number of nitrogens with zero attached hydrogens (tertiary/aromatic N) is 4. The standard InChI is InChI=1S/C22H29N5O3/c1-13(2)20(28)26-9-4-3-5-18(26)17-11-19-23-16-8-10-25(21(29)14-6-7-14)12-15(16)22(30)27(19)24-17/h11,13-14,18,24H,3-10,12H2,1-2H3/t18-/m0/s1. The van der Waals surface area contributed by atoms with Crippen molar-refractivity contribution in [2.75, 3.05) is 13.1 Å². The van der Waals surface area contributed by atoms with Gasteiger partial charge in [0.05, 0.1) is 29.5 Å². The van der Waals surface area contributed by atoms with E-state index in [4.69, 9.17) is 4.98 Å². The average Bonchev–Trinajstić information content (AvgIpc) is 3.52. The first kappa shape index (κ1) is 19.3. The van der Waals surface area contributed by atoms with Crippen LogP contribution in [-0.2, 0) is 22.6 Å². The van der Waals surface area contributed by atoms with Crippen molar-refractivity contribution in [1.29, 1.82) is 0 Å². The molecular formula is C22H29N5O3. The number of H-pyrrole nitrogens is 1. The Morgan fingerprint density at radius 3 is 2.70 bits per heavy atom. The molecule has 0 radical (unpaired) electrons. The lowest BCUT2D eigenvalue weighted by molar-refractivity contribution is -0.138. The van der Waals surface area contributed by atoms with E-state index in [9.17, 15) is 14.4 Å². The van der Waals surface area contributed by atoms with Gasteiger partial charge in [-0.1, -0.05) is 13.8 Å². The fourth-order valence-electron chi connectivity index (χ4n) is 4.80. The number of fused-ring (bicyclic) bond motifs is 2. The van der Waals surface area contributed by atoms with Crippen molar-refractivity contribution < 1.29 is 9.59 Å². The Bertz CT molecular complexity index is 1060. The van der Waals surface area contributed by atoms with E-state index in [1.807, 2.05) is 29.7 Å². The van der Waals surface area contributed by atoms with E-state index >= 15 is 0 Å². The van der Waals surface area contributed by atoms with Gasteiger partial charge in [-0.3, -0.25) is 19.5 Å². The van der Waals surface area contributed by atoms with Gasteiger partial charge in [0.15, 0.2) is 5.65 Å². The highest BCUT2D eigenvalue weighted by molar-refractivity contribution is 5.81. The fraction of sp³-hybridized carbons (Fsp3) is 0.636. The van der Waals surface area contributed by atoms with E-state index in [2.05, 4.69) is 5.10 Å². The lowest BCUT2D eigenvalue weighted by atomic mass is 9.97. The third kappa shape index (κ3) is 3.22. The highest BCUT2D eigenvalue weighted by atomic mass is 16.2. The summed E-state index contributed by atoms with van der Waals surface area (Å²) in [5.41, 5.74) is 2.73. The van der Waals surface area contributed by atoms with Gasteiger partial charge in [0.25, 0.3) is 5.56 Å². The van der Waals surface area contributed by atoms with Gasteiger partial charge in [-0.05, 0) is 32.1 Å². The number of carbonyl (C=O) groups excluding carboxylic acids is 2. The molecule has 1 saturated carbocycles. The lowest BCUT2D eigenvalue weighted by Gasteiger charge is -2.36. The predicted molar refractivity (Wildman–Crippen MR) is 111 cm³/mol. The summed E-state index contributed by atoms with van der Waals surface area (Å²) in [7, 11) is 0. The van der Waals surface area contributed by atoms with Gasteiger partial charge < -0.3 is 9.80 Å². The second kappa shape index (κ2) is 7.25. The SMILES string of the molecule is CC(C)C(=O)N1CCCC[C@H]1c1cc2nc3c(c(=O)n2[nH]1)CN(C(=O)C1CC1)CC3. The molecule has 2 fully saturated rings. The number of piperidine rings is 1. The maximum Gasteiger partial charge on any atom is 0.277 e. The first-order valence-electron chi connectivity index (χ1n) is 11.2. The molecule has 1 saturated heterocycles. The highest BCUT2D eigenvalue weighted by Gasteiger charge is 2.36. The number of likely N-dealkylation sites (tertiary alicyclic amines) is 1. The van der Waals surface area contributed by atoms with Crippen LogP contribution in [-0.4, -0.2) is 49.3 Å². The zero-order chi connectivity index (χ0) is 21.0. The molecule has 2 amide bonds. The molecule has 2 aromatic rings. The number of hydrogen-bond acceptors (Lipinski definition) is 4. The number of aromatic nitrogens is 3. The van der Waals surface area contributed by atoms with E-state index in [1.165, 1.54) is 4.52 Å². The van der Waals surface area contributed by atoms with Crippen LogP contribution < -0.4 is 5.56 Å². The van der Waals surface area contributed by atoms with E-state index in [1.54, 1.807) is 0 Å². The number of aromatic amines is 1. The Morgan fingerprint density at radius 2 is 1.97 bits per heavy atom. The third-order valence-corrected chi connectivity index (χ3v) is 6.66. The Labute approximate surface area is 175 Å². The molecule has 4 heterocycles. The molecule has 2 aromatic heterocycles. The van der Waals surface area contributed by atoms with Crippen molar-refractivity contribution in [2.24, 2.45) is 11.8 Å². The Kier molecular flexibility index (Phi) is 4.67. The van der Waals surface area contributed by atoms with Crippen molar-refractivity contribution in [3.63, 3.8) is 0 Å². The molecule has 0 aromatic carbocycles. The van der Waals surface area contributed by atoms with Crippen LogP contribution in [0, 0.1) is 11.8 Å². The second-order valence-electron chi connectivity index (χ2n) is 9.23. The Hall–Kier alpha value is -2.64. The minimum absolute atomic E-state index is 0.0558. The average molecular weight is 412 g/mol. The minimum atomic E-state index is -0.132. The summed E-state index contributed by atoms with van der Waals surface area (Å²) in [6.45, 7) is 5.56. The molecule has 1 N–H and O–H groups in total. The summed E-state index contributed by atoms with van der Waals surface area (Å²) in [6.07, 6.45) is 5.48. The Morgan fingerprint density at radius 1 is 1.17 bits per heavy atom. The molecule has 5 rings (SSSR count). The van der Waals surface area contributed by atoms with Gasteiger partial charge in [-0.2, -0.15) is 0 Å². The lowest BCUT2D eigenvalue weighted by Crippen LogP contribution is -2.41. The van der Waals surface area contributed by atoms with Gasteiger partial charge in [0.1, 0.15) is 0 Å². The molecule has 8 nitrogen and oxygen atoms in total. The summed E-state index contributed by atoms with van der Waals surface area (Å²) >= 11 is 0. The summed E-state index contributed by atoms with van der Waals surface area (Å²) in [5.74, 6) is 0.409. The highest BCUT2D eigenvalue weighted by Crippen LogP contribution is 2.33. The van der Waals surface area contributed by atoms with Crippen LogP contribution in [0.15, 0.2) is 10.9 Å². The van der Waals surface area contributed by atoms with Gasteiger partial charge >= 0.3 is 0 Å². The molecule has 30 heavy (non-hydrogen) atoms. The number of hydrogen-bond donors (Lipinski definition) is 1. The summed E-state index contributed by atoms with van der Waals surface area (Å²) in [6, 6.07) is 1.86. The minimum Gasteiger partial charge on any atom is -0.337 e. The number of rotatable bonds is 3. The fourth-order valence-corrected chi connectivity index (χ4v) is 4.80. The summed E-state index contributed by atoms with van der Waals surface area (Å²) in [5, 5.41) is 3.23. The first-order valence-corrected chi connectivity index (χ1v) is 11.2. The maximum absolute atomic E-state index is 13.2. The first-order chi connectivity index (χ1) is 14.4. The van der Waals surface area contributed by atoms with Crippen LogP contribution in [0.4, 0.5) is 0 Å². The van der Waals surface area contributed by atoms with E-state index in [0.29, 0.717) is 30.7 Å². The molecule has 160 valence electrons. The molecule has 8 heteroatoms. The van der Waals surface area contributed by atoms with Crippen molar-refractivity contribution in [3.8, 4) is 0 Å². The monoisotopic (exact) mass is 411 g/mol. The zero-order valence-electron chi connectivity index (χ0n) is 17.7. The summed E-state index contributed by atoms with van der Waals surface area (Å²) < 4.78 is 1.49. The smallest absolute Gasteiger partial charge is 0.277 e. The van der Waals surface area contributed by atoms with Crippen LogP contribution in [0.5, 0.6) is 0 Å². The molecule has 3 aliphatic rings. The van der Waals surface area contributed by atoms with E-state index in [0.717, 1.165) is 50.0 Å². The van der Waals surface area contributed by atoms with Crippen molar-refractivity contribution in [2.45, 2.75) is 65.0 Å². The van der Waals surface area contributed by atoms with Crippen LogP contribution >= 0.6 is 0 Å². The van der Waals surface area contributed by atoms with Crippen molar-refractivity contribution >= 4 is 17.5 Å². The molecule has 2 aliphatic heterocycles. The molecule has 1 aliphatic carbocycles. The van der Waals surface area contributed by atoms with Crippen molar-refractivity contribution in [1.82, 2.24) is 24.4 Å². The van der Waals surface area contributed by atoms with Crippen molar-refractivity contribution in [3.05, 3.63) is 33.4 Å². The van der Waals surface area contributed by atoms with Gasteiger partial charge in [-0.25, -0.2) is 9.50 Å². The molecule has 0 spiro atoms. The molecule has 1 atom stereocenters. The summed E-state index contributed by atoms with van der Waals surface area (Å²) in [4.78, 5) is 46.9. The Balaban J connectivity index is 1.49. The van der Waals surface area contributed by atoms with Crippen LogP contribution in [0.1, 0.15) is 68.9 Å². The quantitative estimate of drug-likeness (QED) is 0.837. The molecule has 0 bridgehead atoms. The van der Waals surface area contributed by atoms with E-state index in [-0.39, 0.29) is 35.3 Å². The number of nitrogens with one attached hydrogen (secondary N) is 1. The van der Waals surface area contributed by atoms with Crippen LogP contribution in [0.2, 0.25) is 0 Å². The van der Waals surface area contributed by atoms with Crippen LogP contribution in [0.25, 0.3) is 5.65 Å². The topological polar surface area (TPSA) is 90.8 Å². The molecule has 0 unspecified atom stereocenters. The zero-order valence-corrected chi connectivity index (χ0v) is 17.7. The van der Waals surface area contributed by atoms with Gasteiger partial charge in [-0.15, -0.1) is 0 Å². The maximum atomic E-state index is 13.2. The number of carbonyl (C=O) groups is 2. The van der Waals surface area contributed by atoms with Crippen LogP contribution in [0.3, 0.4) is 0 Å². The third-order valence-electron chi connectivity index (χ3n) is 6.66. The van der Waals surface area contributed by atoms with Gasteiger partial charge in [0.2, 0.25) is 11.8 Å². The second-order valence-corrected chi connectivity index (χ2v) is 9.23. The predicted octanol–water partition coefficient (Wildman–Crippen LogP) is 2.03. The molecular weight excluding hydrogens is 382 g/mol. The largest absolute Gasteiger partial charge is 0.337 e. The van der Waals surface area contributed by atoms with E-state index < -0.39 is 0 Å².